The largest absolute Gasteiger partial charge is 0.497 e. The average Bonchev–Trinajstić information content (AvgIpc) is 2.59. The van der Waals surface area contributed by atoms with Gasteiger partial charge in [-0.15, -0.1) is 0 Å². The van der Waals surface area contributed by atoms with Crippen LogP contribution in [-0.2, 0) is 0 Å². The molecular weight excluding hydrogens is 300 g/mol. The van der Waals surface area contributed by atoms with Crippen molar-refractivity contribution in [1.82, 2.24) is 0 Å². The first-order valence-corrected chi connectivity index (χ1v) is 6.95. The van der Waals surface area contributed by atoms with Gasteiger partial charge in [0.2, 0.25) is 0 Å². The summed E-state index contributed by atoms with van der Waals surface area (Å²) in [5, 5.41) is 9.00. The van der Waals surface area contributed by atoms with E-state index in [1.807, 2.05) is 0 Å². The van der Waals surface area contributed by atoms with Gasteiger partial charge in [0, 0.05) is 0 Å². The Hall–Kier alpha value is -2.89. The molecule has 1 N–H and O–H groups in total. The summed E-state index contributed by atoms with van der Waals surface area (Å²) in [5.74, 6) is 1.27. The third-order valence-corrected chi connectivity index (χ3v) is 3.08. The highest BCUT2D eigenvalue weighted by Gasteiger charge is 2.10. The Labute approximate surface area is 134 Å². The SMILES string of the molecule is COc1ccc(OCCOc2cc(C(=O)O)ccc2OC)cc1. The van der Waals surface area contributed by atoms with Crippen LogP contribution in [0.25, 0.3) is 0 Å². The van der Waals surface area contributed by atoms with Crippen molar-refractivity contribution in [1.29, 1.82) is 0 Å². The van der Waals surface area contributed by atoms with Gasteiger partial charge in [-0.2, -0.15) is 0 Å². The molecule has 2 aromatic rings. The zero-order valence-electron chi connectivity index (χ0n) is 12.9. The lowest BCUT2D eigenvalue weighted by Crippen LogP contribution is -2.10. The smallest absolute Gasteiger partial charge is 0.335 e. The number of rotatable bonds is 8. The van der Waals surface area contributed by atoms with Gasteiger partial charge in [0.15, 0.2) is 11.5 Å². The van der Waals surface area contributed by atoms with Crippen LogP contribution in [0.4, 0.5) is 0 Å². The van der Waals surface area contributed by atoms with E-state index in [0.29, 0.717) is 23.9 Å². The van der Waals surface area contributed by atoms with Crippen LogP contribution < -0.4 is 18.9 Å². The molecule has 2 aromatic carbocycles. The Morgan fingerprint density at radius 3 is 2.13 bits per heavy atom. The predicted octanol–water partition coefficient (Wildman–Crippen LogP) is 2.86. The van der Waals surface area contributed by atoms with Crippen molar-refractivity contribution < 1.29 is 28.8 Å². The Morgan fingerprint density at radius 1 is 0.870 bits per heavy atom. The van der Waals surface area contributed by atoms with Crippen LogP contribution >= 0.6 is 0 Å². The lowest BCUT2D eigenvalue weighted by Gasteiger charge is -2.12. The van der Waals surface area contributed by atoms with Gasteiger partial charge in [-0.05, 0) is 42.5 Å². The lowest BCUT2D eigenvalue weighted by molar-refractivity contribution is 0.0696. The molecule has 0 fully saturated rings. The zero-order chi connectivity index (χ0) is 16.7. The second-order valence-electron chi connectivity index (χ2n) is 4.54. The normalized spacial score (nSPS) is 10.0. The van der Waals surface area contributed by atoms with Crippen LogP contribution in [0.3, 0.4) is 0 Å². The Morgan fingerprint density at radius 2 is 1.52 bits per heavy atom. The molecule has 6 heteroatoms. The molecule has 0 spiro atoms. The molecule has 0 bridgehead atoms. The molecule has 0 aliphatic rings. The molecule has 122 valence electrons. The second kappa shape index (κ2) is 7.93. The molecule has 0 saturated heterocycles. The van der Waals surface area contributed by atoms with E-state index in [0.717, 1.165) is 5.75 Å². The summed E-state index contributed by atoms with van der Waals surface area (Å²) < 4.78 is 21.3. The van der Waals surface area contributed by atoms with Crippen LogP contribution in [0.1, 0.15) is 10.4 Å². The quantitative estimate of drug-likeness (QED) is 0.754. The van der Waals surface area contributed by atoms with Crippen molar-refractivity contribution >= 4 is 5.97 Å². The predicted molar refractivity (Wildman–Crippen MR) is 83.9 cm³/mol. The molecule has 0 heterocycles. The fraction of sp³-hybridized carbons (Fsp3) is 0.235. The average molecular weight is 318 g/mol. The fourth-order valence-corrected chi connectivity index (χ4v) is 1.91. The van der Waals surface area contributed by atoms with E-state index in [1.165, 1.54) is 19.2 Å². The van der Waals surface area contributed by atoms with Crippen molar-refractivity contribution in [2.75, 3.05) is 27.4 Å². The Kier molecular flexibility index (Phi) is 5.68. The zero-order valence-corrected chi connectivity index (χ0v) is 12.9. The summed E-state index contributed by atoms with van der Waals surface area (Å²) >= 11 is 0. The van der Waals surface area contributed by atoms with Gasteiger partial charge in [0.1, 0.15) is 24.7 Å². The first-order valence-electron chi connectivity index (χ1n) is 6.95. The van der Waals surface area contributed by atoms with E-state index in [2.05, 4.69) is 0 Å². The summed E-state index contributed by atoms with van der Waals surface area (Å²) in [5.41, 5.74) is 0.136. The maximum absolute atomic E-state index is 11.0. The topological polar surface area (TPSA) is 74.2 Å². The molecule has 0 aromatic heterocycles. The molecule has 0 unspecified atom stereocenters. The molecule has 0 aliphatic heterocycles. The number of carboxylic acid groups (broad SMARTS) is 1. The minimum absolute atomic E-state index is 0.136. The summed E-state index contributed by atoms with van der Waals surface area (Å²) in [6.07, 6.45) is 0. The van der Waals surface area contributed by atoms with Crippen LogP contribution in [0.2, 0.25) is 0 Å². The fourth-order valence-electron chi connectivity index (χ4n) is 1.91. The molecule has 0 aliphatic carbocycles. The van der Waals surface area contributed by atoms with Gasteiger partial charge in [-0.3, -0.25) is 0 Å². The summed E-state index contributed by atoms with van der Waals surface area (Å²) in [6, 6.07) is 11.6. The molecule has 23 heavy (non-hydrogen) atoms. The highest BCUT2D eigenvalue weighted by molar-refractivity contribution is 5.88. The second-order valence-corrected chi connectivity index (χ2v) is 4.54. The standard InChI is InChI=1S/C17H18O6/c1-20-13-4-6-14(7-5-13)22-9-10-23-16-11-12(17(18)19)3-8-15(16)21-2/h3-8,11H,9-10H2,1-2H3,(H,18,19). The first-order chi connectivity index (χ1) is 11.1. The third kappa shape index (κ3) is 4.54. The number of carboxylic acids is 1. The molecule has 2 rings (SSSR count). The van der Waals surface area contributed by atoms with E-state index in [1.54, 1.807) is 37.4 Å². The maximum Gasteiger partial charge on any atom is 0.335 e. The van der Waals surface area contributed by atoms with Gasteiger partial charge < -0.3 is 24.1 Å². The van der Waals surface area contributed by atoms with Crippen molar-refractivity contribution in [3.05, 3.63) is 48.0 Å². The summed E-state index contributed by atoms with van der Waals surface area (Å²) in [7, 11) is 3.10. The monoisotopic (exact) mass is 318 g/mol. The van der Waals surface area contributed by atoms with Gasteiger partial charge >= 0.3 is 5.97 Å². The van der Waals surface area contributed by atoms with Gasteiger partial charge in [0.25, 0.3) is 0 Å². The number of ether oxygens (including phenoxy) is 4. The number of hydrogen-bond acceptors (Lipinski definition) is 5. The van der Waals surface area contributed by atoms with Crippen molar-refractivity contribution in [3.63, 3.8) is 0 Å². The van der Waals surface area contributed by atoms with Gasteiger partial charge in [-0.1, -0.05) is 0 Å². The Balaban J connectivity index is 1.89. The van der Waals surface area contributed by atoms with Crippen LogP contribution in [0, 0.1) is 0 Å². The third-order valence-electron chi connectivity index (χ3n) is 3.08. The van der Waals surface area contributed by atoms with Crippen molar-refractivity contribution in [2.45, 2.75) is 0 Å². The van der Waals surface area contributed by atoms with E-state index in [4.69, 9.17) is 24.1 Å². The van der Waals surface area contributed by atoms with Gasteiger partial charge in [-0.25, -0.2) is 4.79 Å². The molecule has 0 saturated carbocycles. The Bertz CT molecular complexity index is 651. The lowest BCUT2D eigenvalue weighted by atomic mass is 10.2. The van der Waals surface area contributed by atoms with E-state index < -0.39 is 5.97 Å². The van der Waals surface area contributed by atoms with Crippen LogP contribution in [-0.4, -0.2) is 38.5 Å². The van der Waals surface area contributed by atoms with E-state index >= 15 is 0 Å². The number of benzene rings is 2. The van der Waals surface area contributed by atoms with E-state index in [-0.39, 0.29) is 12.2 Å². The maximum atomic E-state index is 11.0. The van der Waals surface area contributed by atoms with Crippen molar-refractivity contribution in [2.24, 2.45) is 0 Å². The first kappa shape index (κ1) is 16.5. The highest BCUT2D eigenvalue weighted by atomic mass is 16.5. The number of hydrogen-bond donors (Lipinski definition) is 1. The molecule has 6 nitrogen and oxygen atoms in total. The van der Waals surface area contributed by atoms with Crippen LogP contribution in [0.15, 0.2) is 42.5 Å². The minimum Gasteiger partial charge on any atom is -0.497 e. The molecule has 0 atom stereocenters. The minimum atomic E-state index is -1.02. The molecule has 0 amide bonds. The number of methoxy groups -OCH3 is 2. The molecule has 0 radical (unpaired) electrons. The highest BCUT2D eigenvalue weighted by Crippen LogP contribution is 2.28. The van der Waals surface area contributed by atoms with Crippen molar-refractivity contribution in [3.8, 4) is 23.0 Å². The molecular formula is C17H18O6. The summed E-state index contributed by atoms with van der Waals surface area (Å²) in [4.78, 5) is 11.0. The summed E-state index contributed by atoms with van der Waals surface area (Å²) in [6.45, 7) is 0.568. The van der Waals surface area contributed by atoms with Gasteiger partial charge in [0.05, 0.1) is 19.8 Å². The number of aromatic carboxylic acids is 1. The van der Waals surface area contributed by atoms with E-state index in [9.17, 15) is 4.79 Å². The van der Waals surface area contributed by atoms with Crippen LogP contribution in [0.5, 0.6) is 23.0 Å². The number of carbonyl (C=O) groups is 1.